The van der Waals surface area contributed by atoms with Gasteiger partial charge in [-0.3, -0.25) is 9.59 Å². The molecule has 8 nitrogen and oxygen atoms in total. The number of benzene rings is 2. The van der Waals surface area contributed by atoms with Crippen molar-refractivity contribution < 1.29 is 14.3 Å². The van der Waals surface area contributed by atoms with Crippen LogP contribution in [0.2, 0.25) is 5.02 Å². The minimum Gasteiger partial charge on any atom is -0.495 e. The fraction of sp³-hybridized carbons (Fsp3) is 0.273. The lowest BCUT2D eigenvalue weighted by Crippen LogP contribution is -2.29. The molecule has 2 aromatic carbocycles. The van der Waals surface area contributed by atoms with Crippen LogP contribution in [0.15, 0.2) is 47.6 Å². The van der Waals surface area contributed by atoms with Crippen molar-refractivity contribution in [1.82, 2.24) is 20.1 Å². The lowest BCUT2D eigenvalue weighted by molar-refractivity contribution is -0.113. The van der Waals surface area contributed by atoms with Crippen LogP contribution in [-0.2, 0) is 11.8 Å². The lowest BCUT2D eigenvalue weighted by atomic mass is 10.1. The highest BCUT2D eigenvalue weighted by atomic mass is 35.5. The summed E-state index contributed by atoms with van der Waals surface area (Å²) in [7, 11) is 3.32. The number of carbonyl (C=O) groups excluding carboxylic acids is 2. The fourth-order valence-corrected chi connectivity index (χ4v) is 3.98. The molecule has 0 fully saturated rings. The minimum absolute atomic E-state index is 0.117. The van der Waals surface area contributed by atoms with Crippen molar-refractivity contribution in [2.24, 2.45) is 7.05 Å². The number of hydrogen-bond acceptors (Lipinski definition) is 6. The molecule has 3 aromatic rings. The van der Waals surface area contributed by atoms with Gasteiger partial charge in [0.15, 0.2) is 11.0 Å². The number of halogens is 1. The van der Waals surface area contributed by atoms with Crippen LogP contribution >= 0.6 is 23.4 Å². The topological polar surface area (TPSA) is 98.1 Å². The lowest BCUT2D eigenvalue weighted by Gasteiger charge is -2.14. The van der Waals surface area contributed by atoms with Crippen LogP contribution in [0.3, 0.4) is 0 Å². The van der Waals surface area contributed by atoms with E-state index in [2.05, 4.69) is 20.8 Å². The number of methoxy groups -OCH3 is 1. The summed E-state index contributed by atoms with van der Waals surface area (Å²) in [4.78, 5) is 25.0. The van der Waals surface area contributed by atoms with Crippen LogP contribution in [-0.4, -0.2) is 39.4 Å². The SMILES string of the molecule is COc1ccc(Cl)cc1NC(=O)CSc1nnc([C@H](C)NC(=O)c2ccccc2C)n1C. The van der Waals surface area contributed by atoms with Crippen LogP contribution in [0, 0.1) is 6.92 Å². The van der Waals surface area contributed by atoms with E-state index in [-0.39, 0.29) is 23.6 Å². The molecule has 3 rings (SSSR count). The van der Waals surface area contributed by atoms with Crippen molar-refractivity contribution in [3.05, 3.63) is 64.4 Å². The third kappa shape index (κ3) is 5.60. The molecule has 0 aliphatic rings. The van der Waals surface area contributed by atoms with Crippen molar-refractivity contribution in [3.8, 4) is 5.75 Å². The minimum atomic E-state index is -0.362. The highest BCUT2D eigenvalue weighted by Crippen LogP contribution is 2.28. The number of ether oxygens (including phenoxy) is 1. The smallest absolute Gasteiger partial charge is 0.252 e. The Balaban J connectivity index is 1.61. The van der Waals surface area contributed by atoms with Crippen LogP contribution in [0.5, 0.6) is 5.75 Å². The normalized spacial score (nSPS) is 11.7. The molecule has 0 aliphatic heterocycles. The van der Waals surface area contributed by atoms with Crippen molar-refractivity contribution >= 4 is 40.9 Å². The Kier molecular flexibility index (Phi) is 7.76. The fourth-order valence-electron chi connectivity index (χ4n) is 3.09. The molecule has 0 unspecified atom stereocenters. The molecule has 2 amide bonds. The second kappa shape index (κ2) is 10.5. The maximum atomic E-state index is 12.6. The number of amides is 2. The van der Waals surface area contributed by atoms with Crippen LogP contribution in [0.25, 0.3) is 0 Å². The number of thioether (sulfide) groups is 1. The molecule has 1 heterocycles. The molecule has 2 N–H and O–H groups in total. The largest absolute Gasteiger partial charge is 0.495 e. The molecule has 32 heavy (non-hydrogen) atoms. The third-order valence-corrected chi connectivity index (χ3v) is 6.02. The van der Waals surface area contributed by atoms with E-state index >= 15 is 0 Å². The van der Waals surface area contributed by atoms with E-state index < -0.39 is 0 Å². The van der Waals surface area contributed by atoms with Gasteiger partial charge < -0.3 is 19.9 Å². The van der Waals surface area contributed by atoms with Crippen LogP contribution in [0.4, 0.5) is 5.69 Å². The highest BCUT2D eigenvalue weighted by molar-refractivity contribution is 7.99. The van der Waals surface area contributed by atoms with Gasteiger partial charge in [-0.15, -0.1) is 10.2 Å². The second-order valence-electron chi connectivity index (χ2n) is 7.09. The second-order valence-corrected chi connectivity index (χ2v) is 8.47. The van der Waals surface area contributed by atoms with Crippen molar-refractivity contribution in [3.63, 3.8) is 0 Å². The Bertz CT molecular complexity index is 1130. The molecule has 168 valence electrons. The van der Waals surface area contributed by atoms with E-state index in [9.17, 15) is 9.59 Å². The molecule has 10 heteroatoms. The average Bonchev–Trinajstić information content (AvgIpc) is 3.13. The summed E-state index contributed by atoms with van der Waals surface area (Å²) >= 11 is 7.24. The number of carbonyl (C=O) groups is 2. The standard InChI is InChI=1S/C22H24ClN5O3S/c1-13-7-5-6-8-16(13)21(30)24-14(2)20-26-27-22(28(20)3)32-12-19(29)25-17-11-15(23)9-10-18(17)31-4/h5-11,14H,12H2,1-4H3,(H,24,30)(H,25,29)/t14-/m0/s1. The van der Waals surface area contributed by atoms with Gasteiger partial charge in [0.25, 0.3) is 5.91 Å². The summed E-state index contributed by atoms with van der Waals surface area (Å²) in [6.07, 6.45) is 0. The van der Waals surface area contributed by atoms with Gasteiger partial charge in [0, 0.05) is 17.6 Å². The van der Waals surface area contributed by atoms with Crippen molar-refractivity contribution in [2.45, 2.75) is 25.0 Å². The molecular formula is C22H24ClN5O3S. The Morgan fingerprint density at radius 1 is 1.22 bits per heavy atom. The molecule has 1 aromatic heterocycles. The number of nitrogens with zero attached hydrogens (tertiary/aromatic N) is 3. The van der Waals surface area contributed by atoms with E-state index in [1.54, 1.807) is 35.9 Å². The van der Waals surface area contributed by atoms with Crippen molar-refractivity contribution in [1.29, 1.82) is 0 Å². The number of aromatic nitrogens is 3. The quantitative estimate of drug-likeness (QED) is 0.480. The van der Waals surface area contributed by atoms with E-state index in [0.717, 1.165) is 5.56 Å². The van der Waals surface area contributed by atoms with Gasteiger partial charge in [-0.2, -0.15) is 0 Å². The molecular weight excluding hydrogens is 450 g/mol. The van der Waals surface area contributed by atoms with Crippen molar-refractivity contribution in [2.75, 3.05) is 18.2 Å². The first-order chi connectivity index (χ1) is 15.3. The molecule has 0 saturated carbocycles. The summed E-state index contributed by atoms with van der Waals surface area (Å²) in [6.45, 7) is 3.73. The van der Waals surface area contributed by atoms with Crippen LogP contribution in [0.1, 0.15) is 34.7 Å². The van der Waals surface area contributed by atoms with Crippen LogP contribution < -0.4 is 15.4 Å². The van der Waals surface area contributed by atoms with Gasteiger partial charge in [-0.1, -0.05) is 41.6 Å². The first-order valence-corrected chi connectivity index (χ1v) is 11.2. The van der Waals surface area contributed by atoms with E-state index in [0.29, 0.717) is 33.0 Å². The highest BCUT2D eigenvalue weighted by Gasteiger charge is 2.20. The predicted molar refractivity (Wildman–Crippen MR) is 125 cm³/mol. The average molecular weight is 474 g/mol. The summed E-state index contributed by atoms with van der Waals surface area (Å²) in [5.41, 5.74) is 2.01. The molecule has 0 radical (unpaired) electrons. The molecule has 0 bridgehead atoms. The number of nitrogens with one attached hydrogen (secondary N) is 2. The molecule has 0 saturated heterocycles. The Hall–Kier alpha value is -3.04. The first-order valence-electron chi connectivity index (χ1n) is 9.82. The number of hydrogen-bond donors (Lipinski definition) is 2. The van der Waals surface area contributed by atoms with Gasteiger partial charge >= 0.3 is 0 Å². The van der Waals surface area contributed by atoms with E-state index in [1.807, 2.05) is 32.0 Å². The number of rotatable bonds is 8. The zero-order chi connectivity index (χ0) is 23.3. The van der Waals surface area contributed by atoms with Gasteiger partial charge in [0.2, 0.25) is 5.91 Å². The maximum Gasteiger partial charge on any atom is 0.252 e. The molecule has 0 spiro atoms. The molecule has 0 aliphatic carbocycles. The zero-order valence-corrected chi connectivity index (χ0v) is 19.8. The zero-order valence-electron chi connectivity index (χ0n) is 18.2. The predicted octanol–water partition coefficient (Wildman–Crippen LogP) is 4.01. The van der Waals surface area contributed by atoms with E-state index in [1.165, 1.54) is 18.9 Å². The summed E-state index contributed by atoms with van der Waals surface area (Å²) in [6, 6.07) is 12.0. The van der Waals surface area contributed by atoms with Gasteiger partial charge in [0.1, 0.15) is 5.75 Å². The maximum absolute atomic E-state index is 12.6. The Labute approximate surface area is 195 Å². The van der Waals surface area contributed by atoms with Gasteiger partial charge in [-0.25, -0.2) is 0 Å². The Morgan fingerprint density at radius 3 is 2.69 bits per heavy atom. The van der Waals surface area contributed by atoms with Gasteiger partial charge in [0.05, 0.1) is 24.6 Å². The summed E-state index contributed by atoms with van der Waals surface area (Å²) in [5, 5.41) is 15.1. The number of aryl methyl sites for hydroxylation is 1. The molecule has 1 atom stereocenters. The summed E-state index contributed by atoms with van der Waals surface area (Å²) in [5.74, 6) is 0.813. The summed E-state index contributed by atoms with van der Waals surface area (Å²) < 4.78 is 7.01. The number of anilines is 1. The Morgan fingerprint density at radius 2 is 1.97 bits per heavy atom. The monoisotopic (exact) mass is 473 g/mol. The van der Waals surface area contributed by atoms with Gasteiger partial charge in [-0.05, 0) is 43.7 Å². The third-order valence-electron chi connectivity index (χ3n) is 4.76. The first kappa shape index (κ1) is 23.6. The van der Waals surface area contributed by atoms with E-state index in [4.69, 9.17) is 16.3 Å².